The number of pyridine rings is 1. The molecule has 0 bridgehead atoms. The Balaban J connectivity index is 2.19. The van der Waals surface area contributed by atoms with Gasteiger partial charge in [-0.15, -0.1) is 0 Å². The third kappa shape index (κ3) is 2.20. The lowest BCUT2D eigenvalue weighted by Crippen LogP contribution is -2.32. The van der Waals surface area contributed by atoms with E-state index in [-0.39, 0.29) is 0 Å². The first kappa shape index (κ1) is 10.6. The van der Waals surface area contributed by atoms with Crippen LogP contribution in [-0.4, -0.2) is 10.1 Å². The molecule has 82 valence electrons. The number of nitrogens with zero attached hydrogens (tertiary/aromatic N) is 1. The monoisotopic (exact) mass is 205 g/mol. The molecule has 0 radical (unpaired) electrons. The van der Waals surface area contributed by atoms with Gasteiger partial charge >= 0.3 is 0 Å². The van der Waals surface area contributed by atoms with Crippen LogP contribution < -0.4 is 0 Å². The Morgan fingerprint density at radius 3 is 3.13 bits per heavy atom. The van der Waals surface area contributed by atoms with Crippen molar-refractivity contribution in [1.29, 1.82) is 0 Å². The van der Waals surface area contributed by atoms with Crippen molar-refractivity contribution in [3.05, 3.63) is 30.1 Å². The second kappa shape index (κ2) is 4.31. The molecule has 0 spiro atoms. The molecular weight excluding hydrogens is 186 g/mol. The Morgan fingerprint density at radius 2 is 2.47 bits per heavy atom. The minimum absolute atomic E-state index is 0.618. The molecule has 2 nitrogen and oxygen atoms in total. The molecule has 2 rings (SSSR count). The third-order valence-electron chi connectivity index (χ3n) is 3.61. The zero-order chi connectivity index (χ0) is 10.7. The lowest BCUT2D eigenvalue weighted by atomic mass is 9.74. The molecule has 1 N–H and O–H groups in total. The summed E-state index contributed by atoms with van der Waals surface area (Å²) < 4.78 is 0. The zero-order valence-corrected chi connectivity index (χ0v) is 9.32. The predicted octanol–water partition coefficient (Wildman–Crippen LogP) is 2.87. The first-order valence-corrected chi connectivity index (χ1v) is 5.87. The van der Waals surface area contributed by atoms with Crippen LogP contribution in [-0.2, 0) is 5.60 Å². The number of hydrogen-bond donors (Lipinski definition) is 1. The molecule has 15 heavy (non-hydrogen) atoms. The minimum Gasteiger partial charge on any atom is -0.385 e. The van der Waals surface area contributed by atoms with Crippen LogP contribution in [0, 0.1) is 5.92 Å². The van der Waals surface area contributed by atoms with E-state index in [0.717, 1.165) is 24.8 Å². The Kier molecular flexibility index (Phi) is 3.06. The van der Waals surface area contributed by atoms with Gasteiger partial charge in [0.15, 0.2) is 0 Å². The smallest absolute Gasteiger partial charge is 0.0914 e. The average molecular weight is 205 g/mol. The highest BCUT2D eigenvalue weighted by atomic mass is 16.3. The number of rotatable bonds is 2. The summed E-state index contributed by atoms with van der Waals surface area (Å²) in [7, 11) is 0. The summed E-state index contributed by atoms with van der Waals surface area (Å²) in [6, 6.07) is 3.90. The normalized spacial score (nSPS) is 31.5. The molecule has 1 aromatic heterocycles. The Bertz CT molecular complexity index is 312. The second-order valence-electron chi connectivity index (χ2n) is 4.64. The van der Waals surface area contributed by atoms with E-state index in [1.54, 1.807) is 12.4 Å². The molecule has 0 aliphatic heterocycles. The van der Waals surface area contributed by atoms with Crippen molar-refractivity contribution in [2.75, 3.05) is 0 Å². The lowest BCUT2D eigenvalue weighted by Gasteiger charge is -2.36. The van der Waals surface area contributed by atoms with Crippen LogP contribution in [0.3, 0.4) is 0 Å². The quantitative estimate of drug-likeness (QED) is 0.805. The molecule has 0 amide bonds. The van der Waals surface area contributed by atoms with Gasteiger partial charge in [-0.05, 0) is 31.2 Å². The van der Waals surface area contributed by atoms with Gasteiger partial charge in [-0.2, -0.15) is 0 Å². The van der Waals surface area contributed by atoms with Crippen LogP contribution in [0.1, 0.15) is 44.6 Å². The molecule has 2 unspecified atom stereocenters. The number of aromatic nitrogens is 1. The van der Waals surface area contributed by atoms with Crippen molar-refractivity contribution >= 4 is 0 Å². The number of hydrogen-bond acceptors (Lipinski definition) is 2. The fourth-order valence-corrected chi connectivity index (χ4v) is 2.61. The van der Waals surface area contributed by atoms with Crippen molar-refractivity contribution in [2.45, 2.75) is 44.6 Å². The standard InChI is InChI=1S/C13H19NO/c1-2-11-5-3-7-13(15,9-11)12-6-4-8-14-10-12/h4,6,8,10-11,15H,2-3,5,7,9H2,1H3. The molecule has 0 aromatic carbocycles. The Hall–Kier alpha value is -0.890. The molecule has 1 saturated carbocycles. The van der Waals surface area contributed by atoms with E-state index in [4.69, 9.17) is 0 Å². The summed E-state index contributed by atoms with van der Waals surface area (Å²) >= 11 is 0. The molecule has 2 heteroatoms. The summed E-state index contributed by atoms with van der Waals surface area (Å²) in [4.78, 5) is 4.10. The number of aliphatic hydroxyl groups is 1. The lowest BCUT2D eigenvalue weighted by molar-refractivity contribution is -0.0219. The van der Waals surface area contributed by atoms with E-state index in [1.165, 1.54) is 12.8 Å². The topological polar surface area (TPSA) is 33.1 Å². The van der Waals surface area contributed by atoms with Crippen LogP contribution >= 0.6 is 0 Å². The van der Waals surface area contributed by atoms with Gasteiger partial charge in [0.25, 0.3) is 0 Å². The molecule has 1 aliphatic rings. The van der Waals surface area contributed by atoms with Crippen molar-refractivity contribution in [3.8, 4) is 0 Å². The summed E-state index contributed by atoms with van der Waals surface area (Å²) in [5.74, 6) is 0.670. The van der Waals surface area contributed by atoms with Crippen LogP contribution in [0.4, 0.5) is 0 Å². The molecular formula is C13H19NO. The van der Waals surface area contributed by atoms with E-state index in [9.17, 15) is 5.11 Å². The molecule has 1 aliphatic carbocycles. The summed E-state index contributed by atoms with van der Waals surface area (Å²) in [5, 5.41) is 10.6. The van der Waals surface area contributed by atoms with Gasteiger partial charge in [0.05, 0.1) is 5.60 Å². The van der Waals surface area contributed by atoms with Gasteiger partial charge in [-0.25, -0.2) is 0 Å². The van der Waals surface area contributed by atoms with Crippen LogP contribution in [0.15, 0.2) is 24.5 Å². The Labute approximate surface area is 91.4 Å². The van der Waals surface area contributed by atoms with Gasteiger partial charge in [0.1, 0.15) is 0 Å². The second-order valence-corrected chi connectivity index (χ2v) is 4.64. The van der Waals surface area contributed by atoms with E-state index >= 15 is 0 Å². The van der Waals surface area contributed by atoms with Crippen LogP contribution in [0.25, 0.3) is 0 Å². The highest BCUT2D eigenvalue weighted by molar-refractivity contribution is 5.18. The molecule has 1 heterocycles. The third-order valence-corrected chi connectivity index (χ3v) is 3.61. The van der Waals surface area contributed by atoms with Crippen molar-refractivity contribution in [2.24, 2.45) is 5.92 Å². The molecule has 1 aromatic rings. The maximum atomic E-state index is 10.6. The summed E-state index contributed by atoms with van der Waals surface area (Å²) in [5.41, 5.74) is 0.371. The zero-order valence-electron chi connectivity index (χ0n) is 9.32. The highest BCUT2D eigenvalue weighted by Crippen LogP contribution is 2.40. The summed E-state index contributed by atoms with van der Waals surface area (Å²) in [6.45, 7) is 2.21. The molecule has 0 saturated heterocycles. The Morgan fingerprint density at radius 1 is 1.60 bits per heavy atom. The highest BCUT2D eigenvalue weighted by Gasteiger charge is 2.35. The van der Waals surface area contributed by atoms with Gasteiger partial charge in [-0.3, -0.25) is 4.98 Å². The SMILES string of the molecule is CCC1CCCC(O)(c2cccnc2)C1. The minimum atomic E-state index is -0.618. The maximum Gasteiger partial charge on any atom is 0.0914 e. The van der Waals surface area contributed by atoms with Gasteiger partial charge in [0, 0.05) is 18.0 Å². The van der Waals surface area contributed by atoms with Gasteiger partial charge in [0.2, 0.25) is 0 Å². The van der Waals surface area contributed by atoms with Gasteiger partial charge < -0.3 is 5.11 Å². The van der Waals surface area contributed by atoms with Crippen LogP contribution in [0.2, 0.25) is 0 Å². The predicted molar refractivity (Wildman–Crippen MR) is 60.4 cm³/mol. The van der Waals surface area contributed by atoms with E-state index in [2.05, 4.69) is 11.9 Å². The largest absolute Gasteiger partial charge is 0.385 e. The van der Waals surface area contributed by atoms with E-state index in [1.807, 2.05) is 12.1 Å². The van der Waals surface area contributed by atoms with E-state index < -0.39 is 5.60 Å². The first-order chi connectivity index (χ1) is 7.24. The molecule has 2 atom stereocenters. The van der Waals surface area contributed by atoms with Crippen molar-refractivity contribution in [1.82, 2.24) is 4.98 Å². The van der Waals surface area contributed by atoms with Crippen LogP contribution in [0.5, 0.6) is 0 Å². The van der Waals surface area contributed by atoms with Crippen molar-refractivity contribution < 1.29 is 5.11 Å². The molecule has 1 fully saturated rings. The first-order valence-electron chi connectivity index (χ1n) is 5.87. The maximum absolute atomic E-state index is 10.6. The summed E-state index contributed by atoms with van der Waals surface area (Å²) in [6.07, 6.45) is 8.90. The van der Waals surface area contributed by atoms with Gasteiger partial charge in [-0.1, -0.05) is 25.8 Å². The fourth-order valence-electron chi connectivity index (χ4n) is 2.61. The fraction of sp³-hybridized carbons (Fsp3) is 0.615. The van der Waals surface area contributed by atoms with E-state index in [0.29, 0.717) is 5.92 Å². The average Bonchev–Trinajstić information content (AvgIpc) is 2.30. The van der Waals surface area contributed by atoms with Crippen molar-refractivity contribution in [3.63, 3.8) is 0 Å².